The summed E-state index contributed by atoms with van der Waals surface area (Å²) in [7, 11) is 0. The summed E-state index contributed by atoms with van der Waals surface area (Å²) in [6, 6.07) is 2.55. The first kappa shape index (κ1) is 9.01. The standard InChI is InChI=1S/C12H16N2O/c15-7-12-10(3-4-13-12)14-11-6-8-1-2-9(11)5-8/h3-4,7-9,11,13-14H,1-2,5-6H2. The SMILES string of the molecule is O=Cc1[nH]ccc1NC1CC2CCC1C2. The van der Waals surface area contributed by atoms with E-state index in [1.807, 2.05) is 12.3 Å². The maximum Gasteiger partial charge on any atom is 0.168 e. The van der Waals surface area contributed by atoms with Gasteiger partial charge < -0.3 is 10.3 Å². The van der Waals surface area contributed by atoms with Gasteiger partial charge in [-0.25, -0.2) is 0 Å². The average Bonchev–Trinajstić information content (AvgIpc) is 2.92. The number of rotatable bonds is 3. The van der Waals surface area contributed by atoms with Crippen molar-refractivity contribution in [3.05, 3.63) is 18.0 Å². The number of aromatic amines is 1. The molecular weight excluding hydrogens is 188 g/mol. The zero-order valence-electron chi connectivity index (χ0n) is 8.70. The molecule has 3 nitrogen and oxygen atoms in total. The van der Waals surface area contributed by atoms with Crippen molar-refractivity contribution in [2.24, 2.45) is 11.8 Å². The van der Waals surface area contributed by atoms with Crippen LogP contribution < -0.4 is 5.32 Å². The van der Waals surface area contributed by atoms with Gasteiger partial charge in [0.25, 0.3) is 0 Å². The molecule has 0 saturated heterocycles. The minimum atomic E-state index is 0.596. The van der Waals surface area contributed by atoms with Crippen molar-refractivity contribution >= 4 is 12.0 Å². The quantitative estimate of drug-likeness (QED) is 0.743. The molecule has 80 valence electrons. The second kappa shape index (κ2) is 3.40. The highest BCUT2D eigenvalue weighted by molar-refractivity contribution is 5.81. The molecule has 3 atom stereocenters. The number of carbonyl (C=O) groups excluding carboxylic acids is 1. The third-order valence-corrected chi connectivity index (χ3v) is 3.98. The maximum absolute atomic E-state index is 10.8. The first-order valence-corrected chi connectivity index (χ1v) is 5.76. The normalized spacial score (nSPS) is 33.2. The third kappa shape index (κ3) is 1.46. The molecular formula is C12H16N2O. The zero-order valence-corrected chi connectivity index (χ0v) is 8.70. The fraction of sp³-hybridized carbons (Fsp3) is 0.583. The number of aldehydes is 1. The van der Waals surface area contributed by atoms with Crippen molar-refractivity contribution in [1.82, 2.24) is 4.98 Å². The van der Waals surface area contributed by atoms with Crippen LogP contribution in [0.25, 0.3) is 0 Å². The Morgan fingerprint density at radius 3 is 3.00 bits per heavy atom. The summed E-state index contributed by atoms with van der Waals surface area (Å²) in [6.07, 6.45) is 8.15. The molecule has 0 amide bonds. The third-order valence-electron chi connectivity index (χ3n) is 3.98. The fourth-order valence-corrected chi connectivity index (χ4v) is 3.23. The summed E-state index contributed by atoms with van der Waals surface area (Å²) in [5, 5.41) is 3.51. The summed E-state index contributed by atoms with van der Waals surface area (Å²) in [5.41, 5.74) is 1.65. The van der Waals surface area contributed by atoms with Gasteiger partial charge in [0.15, 0.2) is 6.29 Å². The summed E-state index contributed by atoms with van der Waals surface area (Å²) in [6.45, 7) is 0. The smallest absolute Gasteiger partial charge is 0.168 e. The molecule has 3 unspecified atom stereocenters. The Balaban J connectivity index is 1.73. The van der Waals surface area contributed by atoms with Crippen LogP contribution in [-0.2, 0) is 0 Å². The van der Waals surface area contributed by atoms with E-state index in [1.165, 1.54) is 25.7 Å². The van der Waals surface area contributed by atoms with Crippen LogP contribution in [-0.4, -0.2) is 17.3 Å². The molecule has 2 aliphatic carbocycles. The highest BCUT2D eigenvalue weighted by atomic mass is 16.1. The molecule has 0 radical (unpaired) electrons. The largest absolute Gasteiger partial charge is 0.380 e. The van der Waals surface area contributed by atoms with Crippen molar-refractivity contribution in [3.8, 4) is 0 Å². The summed E-state index contributed by atoms with van der Waals surface area (Å²) in [5.74, 6) is 1.77. The lowest BCUT2D eigenvalue weighted by Gasteiger charge is -2.23. The van der Waals surface area contributed by atoms with Crippen LogP contribution in [0.1, 0.15) is 36.2 Å². The van der Waals surface area contributed by atoms with Gasteiger partial charge in [-0.1, -0.05) is 6.42 Å². The number of hydrogen-bond acceptors (Lipinski definition) is 2. The molecule has 0 aromatic carbocycles. The Morgan fingerprint density at radius 2 is 2.33 bits per heavy atom. The highest BCUT2D eigenvalue weighted by Crippen LogP contribution is 2.45. The van der Waals surface area contributed by atoms with E-state index in [2.05, 4.69) is 10.3 Å². The van der Waals surface area contributed by atoms with E-state index in [0.29, 0.717) is 11.7 Å². The Labute approximate surface area is 89.3 Å². The van der Waals surface area contributed by atoms with Crippen molar-refractivity contribution in [1.29, 1.82) is 0 Å². The van der Waals surface area contributed by atoms with Crippen molar-refractivity contribution in [3.63, 3.8) is 0 Å². The van der Waals surface area contributed by atoms with Gasteiger partial charge in [0.1, 0.15) is 5.69 Å². The molecule has 2 fully saturated rings. The Bertz CT molecular complexity index is 371. The molecule has 2 bridgehead atoms. The number of carbonyl (C=O) groups is 1. The van der Waals surface area contributed by atoms with E-state index in [-0.39, 0.29) is 0 Å². The van der Waals surface area contributed by atoms with Crippen LogP contribution in [0.5, 0.6) is 0 Å². The molecule has 3 heteroatoms. The Morgan fingerprint density at radius 1 is 1.40 bits per heavy atom. The van der Waals surface area contributed by atoms with Gasteiger partial charge in [-0.2, -0.15) is 0 Å². The molecule has 0 spiro atoms. The van der Waals surface area contributed by atoms with Gasteiger partial charge in [-0.05, 0) is 37.2 Å². The van der Waals surface area contributed by atoms with Gasteiger partial charge in [-0.15, -0.1) is 0 Å². The first-order chi connectivity index (χ1) is 7.36. The van der Waals surface area contributed by atoms with E-state index in [0.717, 1.165) is 23.8 Å². The van der Waals surface area contributed by atoms with E-state index >= 15 is 0 Å². The molecule has 1 aromatic heterocycles. The second-order valence-electron chi connectivity index (χ2n) is 4.85. The topological polar surface area (TPSA) is 44.9 Å². The number of hydrogen-bond donors (Lipinski definition) is 2. The van der Waals surface area contributed by atoms with Gasteiger partial charge in [-0.3, -0.25) is 4.79 Å². The van der Waals surface area contributed by atoms with Crippen molar-refractivity contribution in [2.45, 2.75) is 31.7 Å². The van der Waals surface area contributed by atoms with Gasteiger partial charge in [0, 0.05) is 12.2 Å². The Kier molecular flexibility index (Phi) is 2.04. The lowest BCUT2D eigenvalue weighted by Crippen LogP contribution is -2.26. The lowest BCUT2D eigenvalue weighted by atomic mass is 9.95. The number of fused-ring (bicyclic) bond motifs is 2. The molecule has 1 heterocycles. The van der Waals surface area contributed by atoms with Crippen LogP contribution in [0, 0.1) is 11.8 Å². The van der Waals surface area contributed by atoms with Gasteiger partial charge in [0.2, 0.25) is 0 Å². The summed E-state index contributed by atoms with van der Waals surface area (Å²) >= 11 is 0. The average molecular weight is 204 g/mol. The minimum absolute atomic E-state index is 0.596. The number of H-pyrrole nitrogens is 1. The minimum Gasteiger partial charge on any atom is -0.380 e. The molecule has 2 aliphatic rings. The van der Waals surface area contributed by atoms with Crippen LogP contribution in [0.15, 0.2) is 12.3 Å². The molecule has 15 heavy (non-hydrogen) atoms. The molecule has 3 rings (SSSR count). The maximum atomic E-state index is 10.8. The zero-order chi connectivity index (χ0) is 10.3. The monoisotopic (exact) mass is 204 g/mol. The van der Waals surface area contributed by atoms with Crippen molar-refractivity contribution < 1.29 is 4.79 Å². The molecule has 0 aliphatic heterocycles. The van der Waals surface area contributed by atoms with E-state index in [9.17, 15) is 4.79 Å². The molecule has 2 saturated carbocycles. The predicted octanol–water partition coefficient (Wildman–Crippen LogP) is 2.43. The Hall–Kier alpha value is -1.25. The number of anilines is 1. The van der Waals surface area contributed by atoms with E-state index in [1.54, 1.807) is 0 Å². The van der Waals surface area contributed by atoms with Crippen molar-refractivity contribution in [2.75, 3.05) is 5.32 Å². The fourth-order valence-electron chi connectivity index (χ4n) is 3.23. The van der Waals surface area contributed by atoms with Crippen LogP contribution in [0.3, 0.4) is 0 Å². The second-order valence-corrected chi connectivity index (χ2v) is 4.85. The number of nitrogens with one attached hydrogen (secondary N) is 2. The van der Waals surface area contributed by atoms with Gasteiger partial charge in [0.05, 0.1) is 5.69 Å². The molecule has 2 N–H and O–H groups in total. The van der Waals surface area contributed by atoms with E-state index < -0.39 is 0 Å². The highest BCUT2D eigenvalue weighted by Gasteiger charge is 2.39. The lowest BCUT2D eigenvalue weighted by molar-refractivity contribution is 0.112. The summed E-state index contributed by atoms with van der Waals surface area (Å²) in [4.78, 5) is 13.7. The van der Waals surface area contributed by atoms with Crippen LogP contribution >= 0.6 is 0 Å². The predicted molar refractivity (Wildman–Crippen MR) is 59.0 cm³/mol. The van der Waals surface area contributed by atoms with Gasteiger partial charge >= 0.3 is 0 Å². The van der Waals surface area contributed by atoms with Crippen LogP contribution in [0.2, 0.25) is 0 Å². The van der Waals surface area contributed by atoms with Crippen LogP contribution in [0.4, 0.5) is 5.69 Å². The first-order valence-electron chi connectivity index (χ1n) is 5.76. The molecule has 1 aromatic rings. The summed E-state index contributed by atoms with van der Waals surface area (Å²) < 4.78 is 0. The number of aromatic nitrogens is 1. The van der Waals surface area contributed by atoms with E-state index in [4.69, 9.17) is 0 Å².